The van der Waals surface area contributed by atoms with Gasteiger partial charge in [0.15, 0.2) is 0 Å². The highest BCUT2D eigenvalue weighted by atomic mass is 19.1. The third-order valence-corrected chi connectivity index (χ3v) is 4.27. The molecule has 2 aromatic carbocycles. The number of hydrogen-bond donors (Lipinski definition) is 1. The Kier molecular flexibility index (Phi) is 3.58. The van der Waals surface area contributed by atoms with Crippen molar-refractivity contribution in [3.8, 4) is 0 Å². The van der Waals surface area contributed by atoms with Gasteiger partial charge < -0.3 is 5.73 Å². The molecule has 0 amide bonds. The van der Waals surface area contributed by atoms with Gasteiger partial charge in [0, 0.05) is 0 Å². The van der Waals surface area contributed by atoms with Crippen molar-refractivity contribution in [2.24, 2.45) is 5.73 Å². The zero-order valence-electron chi connectivity index (χ0n) is 11.8. The van der Waals surface area contributed by atoms with Gasteiger partial charge in [0.05, 0.1) is 6.04 Å². The number of halogens is 1. The molecule has 20 heavy (non-hydrogen) atoms. The predicted molar refractivity (Wildman–Crippen MR) is 80.3 cm³/mol. The maximum atomic E-state index is 13.3. The number of nitrogens with two attached hydrogens (primary N) is 1. The first-order valence-corrected chi connectivity index (χ1v) is 7.28. The smallest absolute Gasteiger partial charge is 0.126 e. The lowest BCUT2D eigenvalue weighted by Crippen LogP contribution is -2.14. The van der Waals surface area contributed by atoms with Gasteiger partial charge in [0.2, 0.25) is 0 Å². The molecule has 2 N–H and O–H groups in total. The Labute approximate surface area is 119 Å². The van der Waals surface area contributed by atoms with Gasteiger partial charge in [-0.25, -0.2) is 4.39 Å². The molecule has 0 spiro atoms. The number of fused-ring (bicyclic) bond motifs is 1. The summed E-state index contributed by atoms with van der Waals surface area (Å²) in [6, 6.07) is 11.5. The lowest BCUT2D eigenvalue weighted by molar-refractivity contribution is 0.617. The predicted octanol–water partition coefficient (Wildman–Crippen LogP) is 4.06. The highest BCUT2D eigenvalue weighted by Crippen LogP contribution is 2.27. The fourth-order valence-electron chi connectivity index (χ4n) is 3.00. The first-order valence-electron chi connectivity index (χ1n) is 7.28. The van der Waals surface area contributed by atoms with E-state index in [2.05, 4.69) is 18.2 Å². The third-order valence-electron chi connectivity index (χ3n) is 4.27. The van der Waals surface area contributed by atoms with E-state index < -0.39 is 0 Å². The van der Waals surface area contributed by atoms with Crippen LogP contribution in [0, 0.1) is 12.7 Å². The van der Waals surface area contributed by atoms with E-state index in [1.54, 1.807) is 13.0 Å². The molecule has 0 aliphatic heterocycles. The van der Waals surface area contributed by atoms with Crippen LogP contribution in [0.15, 0.2) is 36.4 Å². The van der Waals surface area contributed by atoms with Crippen LogP contribution >= 0.6 is 0 Å². The molecular weight excluding hydrogens is 249 g/mol. The molecule has 2 heteroatoms. The highest BCUT2D eigenvalue weighted by Gasteiger charge is 2.14. The summed E-state index contributed by atoms with van der Waals surface area (Å²) in [6.45, 7) is 1.78. The molecule has 0 fully saturated rings. The minimum Gasteiger partial charge on any atom is -0.320 e. The summed E-state index contributed by atoms with van der Waals surface area (Å²) in [5.74, 6) is -0.175. The second-order valence-electron chi connectivity index (χ2n) is 5.72. The minimum atomic E-state index is -0.179. The molecule has 2 aromatic rings. The molecule has 104 valence electrons. The molecule has 1 aliphatic rings. The SMILES string of the molecule is Cc1cc(C(N)c2ccc3c(c2)CCCC3)ccc1F. The van der Waals surface area contributed by atoms with Crippen molar-refractivity contribution in [1.82, 2.24) is 0 Å². The van der Waals surface area contributed by atoms with Crippen LogP contribution in [0.3, 0.4) is 0 Å². The van der Waals surface area contributed by atoms with Gasteiger partial charge in [-0.3, -0.25) is 0 Å². The van der Waals surface area contributed by atoms with Gasteiger partial charge in [-0.05, 0) is 66.5 Å². The lowest BCUT2D eigenvalue weighted by Gasteiger charge is -2.19. The second kappa shape index (κ2) is 5.37. The van der Waals surface area contributed by atoms with Crippen LogP contribution in [-0.2, 0) is 12.8 Å². The van der Waals surface area contributed by atoms with Crippen molar-refractivity contribution in [3.05, 3.63) is 70.0 Å². The summed E-state index contributed by atoms with van der Waals surface area (Å²) in [5.41, 5.74) is 12.0. The van der Waals surface area contributed by atoms with E-state index in [9.17, 15) is 4.39 Å². The summed E-state index contributed by atoms with van der Waals surface area (Å²) in [4.78, 5) is 0. The van der Waals surface area contributed by atoms with Crippen molar-refractivity contribution in [3.63, 3.8) is 0 Å². The average Bonchev–Trinajstić information content (AvgIpc) is 2.49. The fraction of sp³-hybridized carbons (Fsp3) is 0.333. The van der Waals surface area contributed by atoms with Gasteiger partial charge >= 0.3 is 0 Å². The van der Waals surface area contributed by atoms with Crippen molar-refractivity contribution in [1.29, 1.82) is 0 Å². The Hall–Kier alpha value is -1.67. The van der Waals surface area contributed by atoms with Crippen LogP contribution in [0.2, 0.25) is 0 Å². The Morgan fingerprint density at radius 1 is 0.950 bits per heavy atom. The van der Waals surface area contributed by atoms with Crippen molar-refractivity contribution in [2.45, 2.75) is 38.6 Å². The summed E-state index contributed by atoms with van der Waals surface area (Å²) in [5, 5.41) is 0. The van der Waals surface area contributed by atoms with Crippen LogP contribution in [0.1, 0.15) is 46.7 Å². The summed E-state index contributed by atoms with van der Waals surface area (Å²) in [6.07, 6.45) is 4.88. The number of benzene rings is 2. The van der Waals surface area contributed by atoms with Crippen LogP contribution < -0.4 is 5.73 Å². The normalized spacial score (nSPS) is 15.8. The molecule has 1 atom stereocenters. The van der Waals surface area contributed by atoms with Crippen LogP contribution in [-0.4, -0.2) is 0 Å². The number of hydrogen-bond acceptors (Lipinski definition) is 1. The van der Waals surface area contributed by atoms with Gasteiger partial charge in [0.25, 0.3) is 0 Å². The molecule has 0 saturated carbocycles. The molecule has 0 radical (unpaired) electrons. The van der Waals surface area contributed by atoms with E-state index in [0.29, 0.717) is 5.56 Å². The highest BCUT2D eigenvalue weighted by molar-refractivity contribution is 5.39. The Morgan fingerprint density at radius 3 is 2.35 bits per heavy atom. The molecule has 3 rings (SSSR count). The summed E-state index contributed by atoms with van der Waals surface area (Å²) >= 11 is 0. The van der Waals surface area contributed by atoms with E-state index in [0.717, 1.165) is 17.5 Å². The molecule has 0 bridgehead atoms. The summed E-state index contributed by atoms with van der Waals surface area (Å²) < 4.78 is 13.3. The molecule has 0 aromatic heterocycles. The zero-order chi connectivity index (χ0) is 14.1. The van der Waals surface area contributed by atoms with Gasteiger partial charge in [-0.15, -0.1) is 0 Å². The third kappa shape index (κ3) is 2.48. The molecular formula is C18H20FN. The van der Waals surface area contributed by atoms with E-state index in [-0.39, 0.29) is 11.9 Å². The van der Waals surface area contributed by atoms with Gasteiger partial charge in [-0.1, -0.05) is 30.3 Å². The molecule has 0 heterocycles. The van der Waals surface area contributed by atoms with Crippen LogP contribution in [0.25, 0.3) is 0 Å². The van der Waals surface area contributed by atoms with E-state index in [4.69, 9.17) is 5.73 Å². The summed E-state index contributed by atoms with van der Waals surface area (Å²) in [7, 11) is 0. The first-order chi connectivity index (χ1) is 9.65. The van der Waals surface area contributed by atoms with Crippen LogP contribution in [0.5, 0.6) is 0 Å². The maximum absolute atomic E-state index is 13.3. The second-order valence-corrected chi connectivity index (χ2v) is 5.72. The van der Waals surface area contributed by atoms with Crippen LogP contribution in [0.4, 0.5) is 4.39 Å². The number of aryl methyl sites for hydroxylation is 3. The van der Waals surface area contributed by atoms with E-state index in [1.165, 1.54) is 36.5 Å². The fourth-order valence-corrected chi connectivity index (χ4v) is 3.00. The first kappa shape index (κ1) is 13.3. The lowest BCUT2D eigenvalue weighted by atomic mass is 9.88. The zero-order valence-corrected chi connectivity index (χ0v) is 11.8. The Balaban J connectivity index is 1.93. The van der Waals surface area contributed by atoms with Gasteiger partial charge in [0.1, 0.15) is 5.82 Å². The molecule has 1 unspecified atom stereocenters. The standard InChI is InChI=1S/C18H20FN/c1-12-10-15(8-9-17(12)19)18(20)16-7-6-13-4-2-3-5-14(13)11-16/h6-11,18H,2-5,20H2,1H3. The molecule has 1 nitrogen and oxygen atoms in total. The van der Waals surface area contributed by atoms with E-state index >= 15 is 0 Å². The quantitative estimate of drug-likeness (QED) is 0.874. The Morgan fingerprint density at radius 2 is 1.60 bits per heavy atom. The van der Waals surface area contributed by atoms with Crippen molar-refractivity contribution in [2.75, 3.05) is 0 Å². The monoisotopic (exact) mass is 269 g/mol. The Bertz CT molecular complexity index is 633. The topological polar surface area (TPSA) is 26.0 Å². The number of rotatable bonds is 2. The van der Waals surface area contributed by atoms with E-state index in [1.807, 2.05) is 6.07 Å². The molecule has 0 saturated heterocycles. The average molecular weight is 269 g/mol. The largest absolute Gasteiger partial charge is 0.320 e. The van der Waals surface area contributed by atoms with Gasteiger partial charge in [-0.2, -0.15) is 0 Å². The minimum absolute atomic E-state index is 0.175. The molecule has 1 aliphatic carbocycles. The maximum Gasteiger partial charge on any atom is 0.126 e. The van der Waals surface area contributed by atoms with Crippen molar-refractivity contribution >= 4 is 0 Å². The van der Waals surface area contributed by atoms with Crippen molar-refractivity contribution < 1.29 is 4.39 Å².